The minimum Gasteiger partial charge on any atom is -0.497 e. The van der Waals surface area contributed by atoms with Crippen molar-refractivity contribution in [2.75, 3.05) is 70.5 Å². The van der Waals surface area contributed by atoms with Crippen molar-refractivity contribution in [1.82, 2.24) is 14.9 Å². The zero-order valence-electron chi connectivity index (χ0n) is 28.0. The Balaban J connectivity index is 1.34. The van der Waals surface area contributed by atoms with Crippen LogP contribution in [0, 0.1) is 18.7 Å². The molecule has 1 amide bonds. The third-order valence-corrected chi connectivity index (χ3v) is 10.4. The van der Waals surface area contributed by atoms with Gasteiger partial charge in [0.15, 0.2) is 5.60 Å². The molecule has 12 heteroatoms. The number of anilines is 2. The fraction of sp³-hybridized carbons (Fsp3) is 0.500. The van der Waals surface area contributed by atoms with E-state index >= 15 is 4.79 Å². The van der Waals surface area contributed by atoms with Gasteiger partial charge in [0.25, 0.3) is 5.91 Å². The van der Waals surface area contributed by atoms with Crippen LogP contribution in [-0.2, 0) is 19.1 Å². The lowest BCUT2D eigenvalue weighted by Crippen LogP contribution is -2.56. The van der Waals surface area contributed by atoms with Crippen LogP contribution in [-0.4, -0.2) is 104 Å². The molecule has 3 fully saturated rings. The topological polar surface area (TPSA) is 118 Å². The number of likely N-dealkylation sites (tertiary alicyclic amines) is 1. The number of nitrogens with zero attached hydrogens (tertiary/aromatic N) is 5. The Labute approximate surface area is 280 Å². The lowest BCUT2D eigenvalue weighted by molar-refractivity contribution is -0.156. The first-order valence-electron chi connectivity index (χ1n) is 16.5. The number of hydrogen-bond acceptors (Lipinski definition) is 9. The summed E-state index contributed by atoms with van der Waals surface area (Å²) in [6.45, 7) is 4.43. The largest absolute Gasteiger partial charge is 0.497 e. The Morgan fingerprint density at radius 3 is 2.42 bits per heavy atom. The molecule has 1 aromatic heterocycles. The van der Waals surface area contributed by atoms with E-state index in [0.717, 1.165) is 28.4 Å². The van der Waals surface area contributed by atoms with Crippen LogP contribution in [0.15, 0.2) is 54.7 Å². The number of carboxylic acid groups (broad SMARTS) is 1. The van der Waals surface area contributed by atoms with Crippen molar-refractivity contribution in [2.45, 2.75) is 49.7 Å². The lowest BCUT2D eigenvalue weighted by atomic mass is 9.83. The summed E-state index contributed by atoms with van der Waals surface area (Å²) in [6, 6.07) is 14.2. The Hall–Kier alpha value is -4.29. The second kappa shape index (κ2) is 14.1. The molecule has 3 aliphatic rings. The zero-order chi connectivity index (χ0) is 34.0. The van der Waals surface area contributed by atoms with Crippen molar-refractivity contribution < 1.29 is 33.3 Å². The number of aromatic nitrogens is 2. The van der Waals surface area contributed by atoms with Gasteiger partial charge in [-0.1, -0.05) is 18.2 Å². The van der Waals surface area contributed by atoms with Crippen LogP contribution in [0.1, 0.15) is 48.0 Å². The predicted octanol–water partition coefficient (Wildman–Crippen LogP) is 4.25. The number of carboxylic acids is 1. The normalized spacial score (nSPS) is 24.7. The van der Waals surface area contributed by atoms with Gasteiger partial charge in [0.2, 0.25) is 0 Å². The number of halogens is 1. The molecule has 3 aliphatic heterocycles. The molecule has 4 heterocycles. The summed E-state index contributed by atoms with van der Waals surface area (Å²) < 4.78 is 32.1. The average molecular weight is 662 g/mol. The van der Waals surface area contributed by atoms with Crippen molar-refractivity contribution in [3.63, 3.8) is 0 Å². The summed E-state index contributed by atoms with van der Waals surface area (Å²) in [5, 5.41) is 9.51. The van der Waals surface area contributed by atoms with Gasteiger partial charge < -0.3 is 34.0 Å². The lowest BCUT2D eigenvalue weighted by Gasteiger charge is -2.38. The molecule has 0 bridgehead atoms. The van der Waals surface area contributed by atoms with Crippen molar-refractivity contribution >= 4 is 23.4 Å². The van der Waals surface area contributed by atoms with Crippen LogP contribution in [0.25, 0.3) is 0 Å². The molecule has 48 heavy (non-hydrogen) atoms. The van der Waals surface area contributed by atoms with Crippen LogP contribution in [0.2, 0.25) is 0 Å². The minimum absolute atomic E-state index is 0.0859. The Morgan fingerprint density at radius 2 is 1.77 bits per heavy atom. The Morgan fingerprint density at radius 1 is 1.02 bits per heavy atom. The number of carbonyl (C=O) groups excluding carboxylic acids is 1. The number of amides is 1. The molecule has 0 aliphatic carbocycles. The standard InChI is InChI=1S/C36H44FN5O6/c1-23-38-14-11-33(39-23)41-20-31(24-5-8-29(47-3)9-6-24)36(22-41,48-4)35(45)42-19-26(17-28(42)21-46-2)30-10-7-27(37)18-32(30)40-15-12-25(13-16-40)34(43)44/h5-11,14,18,25-26,28,31H,12-13,15-17,19-22H2,1-4H3,(H,43,44)/t26-,28+,31+,36+/m1/s1. The van der Waals surface area contributed by atoms with Crippen LogP contribution in [0.3, 0.4) is 0 Å². The van der Waals surface area contributed by atoms with Crippen LogP contribution in [0.5, 0.6) is 5.75 Å². The van der Waals surface area contributed by atoms with Gasteiger partial charge in [-0.15, -0.1) is 0 Å². The molecule has 0 spiro atoms. The molecule has 0 unspecified atom stereocenters. The maximum atomic E-state index is 15.1. The van der Waals surface area contributed by atoms with Crippen molar-refractivity contribution in [3.05, 3.63) is 77.5 Å². The number of ether oxygens (including phenoxy) is 3. The molecule has 0 radical (unpaired) electrons. The molecule has 2 aromatic carbocycles. The molecule has 6 rings (SSSR count). The third-order valence-electron chi connectivity index (χ3n) is 10.4. The van der Waals surface area contributed by atoms with Gasteiger partial charge in [0, 0.05) is 64.1 Å². The number of carbonyl (C=O) groups is 2. The molecular formula is C36H44FN5O6. The van der Waals surface area contributed by atoms with E-state index < -0.39 is 17.5 Å². The number of piperidine rings is 1. The van der Waals surface area contributed by atoms with Gasteiger partial charge in [0.1, 0.15) is 23.2 Å². The molecular weight excluding hydrogens is 617 g/mol. The highest BCUT2D eigenvalue weighted by molar-refractivity contribution is 5.89. The molecule has 0 saturated carbocycles. The highest BCUT2D eigenvalue weighted by atomic mass is 19.1. The highest BCUT2D eigenvalue weighted by Gasteiger charge is 2.57. The van der Waals surface area contributed by atoms with Gasteiger partial charge in [-0.2, -0.15) is 0 Å². The first-order chi connectivity index (χ1) is 23.2. The summed E-state index contributed by atoms with van der Waals surface area (Å²) in [4.78, 5) is 41.7. The summed E-state index contributed by atoms with van der Waals surface area (Å²) >= 11 is 0. The average Bonchev–Trinajstić information content (AvgIpc) is 3.71. The van der Waals surface area contributed by atoms with E-state index in [1.807, 2.05) is 48.2 Å². The number of aryl methyl sites for hydroxylation is 1. The van der Waals surface area contributed by atoms with E-state index in [1.54, 1.807) is 33.6 Å². The number of hydrogen-bond donors (Lipinski definition) is 1. The van der Waals surface area contributed by atoms with Crippen molar-refractivity contribution in [2.24, 2.45) is 5.92 Å². The smallest absolute Gasteiger partial charge is 0.306 e. The zero-order valence-corrected chi connectivity index (χ0v) is 28.0. The molecule has 3 saturated heterocycles. The monoisotopic (exact) mass is 661 g/mol. The number of aliphatic carboxylic acids is 1. The summed E-state index contributed by atoms with van der Waals surface area (Å²) in [5.41, 5.74) is 1.42. The highest BCUT2D eigenvalue weighted by Crippen LogP contribution is 2.45. The maximum Gasteiger partial charge on any atom is 0.306 e. The third kappa shape index (κ3) is 6.43. The van der Waals surface area contributed by atoms with E-state index in [9.17, 15) is 14.3 Å². The number of rotatable bonds is 10. The van der Waals surface area contributed by atoms with E-state index in [4.69, 9.17) is 14.2 Å². The fourth-order valence-electron chi connectivity index (χ4n) is 7.83. The van der Waals surface area contributed by atoms with Crippen LogP contribution < -0.4 is 14.5 Å². The van der Waals surface area contributed by atoms with Crippen molar-refractivity contribution in [1.29, 1.82) is 0 Å². The summed E-state index contributed by atoms with van der Waals surface area (Å²) in [7, 11) is 4.85. The first kappa shape index (κ1) is 33.6. The summed E-state index contributed by atoms with van der Waals surface area (Å²) in [5.74, 6) is 0.0103. The van der Waals surface area contributed by atoms with E-state index in [1.165, 1.54) is 6.07 Å². The number of methoxy groups -OCH3 is 3. The van der Waals surface area contributed by atoms with E-state index in [0.29, 0.717) is 57.9 Å². The van der Waals surface area contributed by atoms with Gasteiger partial charge in [-0.3, -0.25) is 9.59 Å². The SMILES string of the molecule is COC[C@@H]1C[C@@H](c2ccc(F)cc2N2CCC(C(=O)O)CC2)CN1C(=O)[C@]1(OC)CN(c2ccnc(C)n2)C[C@H]1c1ccc(OC)cc1. The van der Waals surface area contributed by atoms with Crippen LogP contribution >= 0.6 is 0 Å². The molecule has 1 N–H and O–H groups in total. The molecule has 4 atom stereocenters. The molecule has 256 valence electrons. The predicted molar refractivity (Wildman–Crippen MR) is 178 cm³/mol. The Bertz CT molecular complexity index is 1620. The Kier molecular flexibility index (Phi) is 9.84. The van der Waals surface area contributed by atoms with Gasteiger partial charge in [0.05, 0.1) is 32.2 Å². The molecule has 3 aromatic rings. The fourth-order valence-corrected chi connectivity index (χ4v) is 7.83. The van der Waals surface area contributed by atoms with Crippen molar-refractivity contribution in [3.8, 4) is 5.75 Å². The van der Waals surface area contributed by atoms with Crippen LogP contribution in [0.4, 0.5) is 15.9 Å². The maximum absolute atomic E-state index is 15.1. The summed E-state index contributed by atoms with van der Waals surface area (Å²) in [6.07, 6.45) is 3.35. The molecule has 11 nitrogen and oxygen atoms in total. The van der Waals surface area contributed by atoms with E-state index in [2.05, 4.69) is 19.8 Å². The van der Waals surface area contributed by atoms with E-state index in [-0.39, 0.29) is 36.1 Å². The second-order valence-corrected chi connectivity index (χ2v) is 13.1. The minimum atomic E-state index is -1.24. The van der Waals surface area contributed by atoms with Gasteiger partial charge >= 0.3 is 5.97 Å². The second-order valence-electron chi connectivity index (χ2n) is 13.1. The van der Waals surface area contributed by atoms with Gasteiger partial charge in [-0.05, 0) is 67.6 Å². The first-order valence-corrected chi connectivity index (χ1v) is 16.5. The quantitative estimate of drug-likeness (QED) is 0.338. The number of benzene rings is 2. The van der Waals surface area contributed by atoms with Gasteiger partial charge in [-0.25, -0.2) is 14.4 Å².